The van der Waals surface area contributed by atoms with Gasteiger partial charge < -0.3 is 0 Å². The fraction of sp³-hybridized carbons (Fsp3) is 0.714. The Hall–Kier alpha value is -0.780. The first-order valence-electron chi connectivity index (χ1n) is 8.59. The van der Waals surface area contributed by atoms with Gasteiger partial charge in [0.05, 0.1) is 0 Å². The lowest BCUT2D eigenvalue weighted by molar-refractivity contribution is 0.643. The predicted molar refractivity (Wildman–Crippen MR) is 98.6 cm³/mol. The standard InChI is InChI=1S/C13H22.C8H16/c1-9(2)12-7-6-8-13(10(3)4)11(12)5;1-6(2)8(5)7(3)4/h9H,6-8H2,1-5H3;6H,1-5H3. The van der Waals surface area contributed by atoms with Crippen molar-refractivity contribution in [3.8, 4) is 0 Å². The molecule has 0 aromatic rings. The van der Waals surface area contributed by atoms with E-state index in [0.29, 0.717) is 0 Å². The molecule has 1 aliphatic rings. The maximum atomic E-state index is 2.31. The summed E-state index contributed by atoms with van der Waals surface area (Å²) in [6, 6.07) is 0. The van der Waals surface area contributed by atoms with Gasteiger partial charge in [-0.2, -0.15) is 0 Å². The first kappa shape index (κ1) is 20.2. The van der Waals surface area contributed by atoms with Crippen LogP contribution in [0.3, 0.4) is 0 Å². The van der Waals surface area contributed by atoms with Gasteiger partial charge >= 0.3 is 0 Å². The van der Waals surface area contributed by atoms with Crippen LogP contribution in [0.15, 0.2) is 33.4 Å². The molecular formula is C21H38. The molecule has 1 aliphatic carbocycles. The van der Waals surface area contributed by atoms with Crippen LogP contribution in [0.25, 0.3) is 0 Å². The number of hydrogen-bond acceptors (Lipinski definition) is 0. The first-order valence-corrected chi connectivity index (χ1v) is 8.59. The average molecular weight is 291 g/mol. The zero-order valence-corrected chi connectivity index (χ0v) is 16.3. The Morgan fingerprint density at radius 3 is 1.67 bits per heavy atom. The normalized spacial score (nSPS) is 15.1. The van der Waals surface area contributed by atoms with E-state index in [1.54, 1.807) is 16.7 Å². The molecule has 0 aromatic carbocycles. The van der Waals surface area contributed by atoms with E-state index < -0.39 is 0 Å². The van der Waals surface area contributed by atoms with Crippen LogP contribution in [0.1, 0.15) is 88.5 Å². The molecule has 1 rings (SSSR count). The minimum absolute atomic E-state index is 0.722. The van der Waals surface area contributed by atoms with Gasteiger partial charge in [0.15, 0.2) is 0 Å². The van der Waals surface area contributed by atoms with E-state index >= 15 is 0 Å². The minimum atomic E-state index is 0.722. The van der Waals surface area contributed by atoms with E-state index in [0.717, 1.165) is 11.8 Å². The molecule has 0 heteroatoms. The van der Waals surface area contributed by atoms with Crippen LogP contribution in [0.5, 0.6) is 0 Å². The third-order valence-electron chi connectivity index (χ3n) is 4.76. The van der Waals surface area contributed by atoms with Crippen LogP contribution in [0, 0.1) is 11.8 Å². The second-order valence-electron chi connectivity index (χ2n) is 7.47. The highest BCUT2D eigenvalue weighted by Gasteiger charge is 2.16. The summed E-state index contributed by atoms with van der Waals surface area (Å²) in [5.41, 5.74) is 9.37. The summed E-state index contributed by atoms with van der Waals surface area (Å²) in [6.45, 7) is 22.4. The van der Waals surface area contributed by atoms with E-state index in [-0.39, 0.29) is 0 Å². The monoisotopic (exact) mass is 290 g/mol. The second kappa shape index (κ2) is 9.28. The number of rotatable bonds is 2. The van der Waals surface area contributed by atoms with Crippen molar-refractivity contribution >= 4 is 0 Å². The highest BCUT2D eigenvalue weighted by atomic mass is 14.2. The SMILES string of the molecule is CC(C)=C(C)C(C)C.CC(C)=C1CCCC(C(C)C)=C1C. The Kier molecular flexibility index (Phi) is 8.94. The highest BCUT2D eigenvalue weighted by molar-refractivity contribution is 5.39. The molecule has 0 saturated heterocycles. The van der Waals surface area contributed by atoms with Gasteiger partial charge in [-0.15, -0.1) is 0 Å². The van der Waals surface area contributed by atoms with Crippen molar-refractivity contribution in [3.63, 3.8) is 0 Å². The Balaban J connectivity index is 0.000000433. The molecule has 0 unspecified atom stereocenters. The summed E-state index contributed by atoms with van der Waals surface area (Å²) in [5, 5.41) is 0. The van der Waals surface area contributed by atoms with E-state index in [2.05, 4.69) is 69.2 Å². The predicted octanol–water partition coefficient (Wildman–Crippen LogP) is 7.48. The second-order valence-corrected chi connectivity index (χ2v) is 7.47. The molecular weight excluding hydrogens is 252 g/mol. The third-order valence-corrected chi connectivity index (χ3v) is 4.76. The summed E-state index contributed by atoms with van der Waals surface area (Å²) in [4.78, 5) is 0. The van der Waals surface area contributed by atoms with Crippen molar-refractivity contribution < 1.29 is 0 Å². The fourth-order valence-electron chi connectivity index (χ4n) is 2.95. The van der Waals surface area contributed by atoms with Gasteiger partial charge in [0.25, 0.3) is 0 Å². The lowest BCUT2D eigenvalue weighted by Gasteiger charge is -2.24. The molecule has 0 amide bonds. The van der Waals surface area contributed by atoms with Crippen molar-refractivity contribution in [1.29, 1.82) is 0 Å². The molecule has 0 radical (unpaired) electrons. The van der Waals surface area contributed by atoms with E-state index in [1.165, 1.54) is 36.0 Å². The van der Waals surface area contributed by atoms with Crippen LogP contribution < -0.4 is 0 Å². The Morgan fingerprint density at radius 2 is 1.38 bits per heavy atom. The smallest absolute Gasteiger partial charge is 0.0254 e. The van der Waals surface area contributed by atoms with Crippen LogP contribution in [-0.2, 0) is 0 Å². The summed E-state index contributed by atoms with van der Waals surface area (Å²) < 4.78 is 0. The Labute approximate surface area is 134 Å². The summed E-state index contributed by atoms with van der Waals surface area (Å²) >= 11 is 0. The molecule has 0 aliphatic heterocycles. The molecule has 0 atom stereocenters. The first-order chi connectivity index (χ1) is 9.59. The van der Waals surface area contributed by atoms with Gasteiger partial charge in [-0.1, -0.05) is 50.0 Å². The molecule has 0 heterocycles. The van der Waals surface area contributed by atoms with Gasteiger partial charge in [-0.25, -0.2) is 0 Å². The molecule has 0 N–H and O–H groups in total. The summed E-state index contributed by atoms with van der Waals surface area (Å²) in [5.74, 6) is 1.45. The van der Waals surface area contributed by atoms with Gasteiger partial charge in [-0.05, 0) is 83.8 Å². The van der Waals surface area contributed by atoms with E-state index in [9.17, 15) is 0 Å². The maximum absolute atomic E-state index is 2.31. The molecule has 0 aromatic heterocycles. The van der Waals surface area contributed by atoms with Crippen molar-refractivity contribution in [3.05, 3.63) is 33.4 Å². The maximum Gasteiger partial charge on any atom is -0.0254 e. The summed E-state index contributed by atoms with van der Waals surface area (Å²) in [7, 11) is 0. The molecule has 0 fully saturated rings. The molecule has 122 valence electrons. The molecule has 0 spiro atoms. The zero-order valence-electron chi connectivity index (χ0n) is 16.3. The van der Waals surface area contributed by atoms with Crippen molar-refractivity contribution in [2.24, 2.45) is 11.8 Å². The largest absolute Gasteiger partial charge is 0.0773 e. The minimum Gasteiger partial charge on any atom is -0.0773 e. The molecule has 0 nitrogen and oxygen atoms in total. The highest BCUT2D eigenvalue weighted by Crippen LogP contribution is 2.34. The van der Waals surface area contributed by atoms with Crippen LogP contribution in [0.4, 0.5) is 0 Å². The van der Waals surface area contributed by atoms with Crippen LogP contribution in [-0.4, -0.2) is 0 Å². The van der Waals surface area contributed by atoms with Crippen LogP contribution in [0.2, 0.25) is 0 Å². The van der Waals surface area contributed by atoms with Crippen LogP contribution >= 0.6 is 0 Å². The average Bonchev–Trinajstić information content (AvgIpc) is 2.37. The Bertz CT molecular complexity index is 417. The van der Waals surface area contributed by atoms with Gasteiger partial charge in [0.2, 0.25) is 0 Å². The van der Waals surface area contributed by atoms with Gasteiger partial charge in [0, 0.05) is 0 Å². The summed E-state index contributed by atoms with van der Waals surface area (Å²) in [6.07, 6.45) is 3.97. The lowest BCUT2D eigenvalue weighted by atomic mass is 9.81. The quantitative estimate of drug-likeness (QED) is 0.462. The molecule has 21 heavy (non-hydrogen) atoms. The van der Waals surface area contributed by atoms with Gasteiger partial charge in [0.1, 0.15) is 0 Å². The van der Waals surface area contributed by atoms with E-state index in [1.807, 2.05) is 0 Å². The topological polar surface area (TPSA) is 0 Å². The fourth-order valence-corrected chi connectivity index (χ4v) is 2.95. The number of hydrogen-bond donors (Lipinski definition) is 0. The van der Waals surface area contributed by atoms with Crippen molar-refractivity contribution in [1.82, 2.24) is 0 Å². The van der Waals surface area contributed by atoms with Crippen molar-refractivity contribution in [2.45, 2.75) is 88.5 Å². The third kappa shape index (κ3) is 6.68. The van der Waals surface area contributed by atoms with Crippen molar-refractivity contribution in [2.75, 3.05) is 0 Å². The lowest BCUT2D eigenvalue weighted by Crippen LogP contribution is -2.06. The van der Waals surface area contributed by atoms with E-state index in [4.69, 9.17) is 0 Å². The number of allylic oxidation sites excluding steroid dienone is 6. The zero-order chi connectivity index (χ0) is 16.7. The molecule has 0 bridgehead atoms. The Morgan fingerprint density at radius 1 is 0.857 bits per heavy atom. The van der Waals surface area contributed by atoms with Gasteiger partial charge in [-0.3, -0.25) is 0 Å². The molecule has 0 saturated carbocycles.